The minimum absolute atomic E-state index is 0.642. The van der Waals surface area contributed by atoms with Gasteiger partial charge >= 0.3 is 0 Å². The lowest BCUT2D eigenvalue weighted by Crippen LogP contribution is -2.25. The Morgan fingerprint density at radius 2 is 2.00 bits per heavy atom. The molecular formula is C18H25N3O2. The third-order valence-corrected chi connectivity index (χ3v) is 4.21. The van der Waals surface area contributed by atoms with Gasteiger partial charge in [-0.1, -0.05) is 30.6 Å². The molecule has 124 valence electrons. The Morgan fingerprint density at radius 3 is 2.65 bits per heavy atom. The molecule has 0 aliphatic heterocycles. The first-order valence-corrected chi connectivity index (χ1v) is 8.47. The average molecular weight is 315 g/mol. The van der Waals surface area contributed by atoms with Gasteiger partial charge in [-0.05, 0) is 37.0 Å². The van der Waals surface area contributed by atoms with Gasteiger partial charge in [0.25, 0.3) is 0 Å². The standard InChI is InChI=1S/C18H25N3O2/c1-3-4-5-17-19-18(23-20-17)13-21(15-8-9-15)12-14-6-10-16(22-2)11-7-14/h6-7,10-11,15H,3-5,8-9,12-13H2,1-2H3. The van der Waals surface area contributed by atoms with Crippen molar-refractivity contribution in [3.8, 4) is 5.75 Å². The largest absolute Gasteiger partial charge is 0.497 e. The highest BCUT2D eigenvalue weighted by Gasteiger charge is 2.30. The monoisotopic (exact) mass is 315 g/mol. The molecule has 23 heavy (non-hydrogen) atoms. The maximum absolute atomic E-state index is 5.42. The molecule has 5 nitrogen and oxygen atoms in total. The van der Waals surface area contributed by atoms with Crippen LogP contribution in [0.4, 0.5) is 0 Å². The van der Waals surface area contributed by atoms with E-state index in [1.807, 2.05) is 12.1 Å². The molecule has 1 saturated carbocycles. The van der Waals surface area contributed by atoms with E-state index in [-0.39, 0.29) is 0 Å². The van der Waals surface area contributed by atoms with Gasteiger partial charge in [0.15, 0.2) is 5.82 Å². The van der Waals surface area contributed by atoms with Gasteiger partial charge in [0.1, 0.15) is 5.75 Å². The summed E-state index contributed by atoms with van der Waals surface area (Å²) in [5, 5.41) is 4.09. The molecule has 3 rings (SSSR count). The second-order valence-corrected chi connectivity index (χ2v) is 6.19. The van der Waals surface area contributed by atoms with Crippen LogP contribution in [0.3, 0.4) is 0 Å². The van der Waals surface area contributed by atoms with E-state index in [1.165, 1.54) is 18.4 Å². The second kappa shape index (κ2) is 7.59. The Hall–Kier alpha value is -1.88. The predicted octanol–water partition coefficient (Wildman–Crippen LogP) is 3.59. The van der Waals surface area contributed by atoms with Crippen molar-refractivity contribution >= 4 is 0 Å². The molecule has 0 unspecified atom stereocenters. The molecular weight excluding hydrogens is 290 g/mol. The van der Waals surface area contributed by atoms with Gasteiger partial charge in [0.05, 0.1) is 13.7 Å². The lowest BCUT2D eigenvalue weighted by molar-refractivity contribution is 0.209. The molecule has 1 fully saturated rings. The highest BCUT2D eigenvalue weighted by atomic mass is 16.5. The third kappa shape index (κ3) is 4.55. The van der Waals surface area contributed by atoms with Crippen LogP contribution in [0.15, 0.2) is 28.8 Å². The van der Waals surface area contributed by atoms with E-state index < -0.39 is 0 Å². The van der Waals surface area contributed by atoms with E-state index in [0.29, 0.717) is 6.04 Å². The summed E-state index contributed by atoms with van der Waals surface area (Å²) in [5.74, 6) is 2.46. The summed E-state index contributed by atoms with van der Waals surface area (Å²) in [5.41, 5.74) is 1.28. The Bertz CT molecular complexity index is 605. The van der Waals surface area contributed by atoms with Crippen LogP contribution in [0.5, 0.6) is 5.75 Å². The van der Waals surface area contributed by atoms with Gasteiger partial charge < -0.3 is 9.26 Å². The van der Waals surface area contributed by atoms with Gasteiger partial charge in [-0.25, -0.2) is 0 Å². The summed E-state index contributed by atoms with van der Waals surface area (Å²) in [6.45, 7) is 3.81. The van der Waals surface area contributed by atoms with Gasteiger partial charge in [-0.15, -0.1) is 0 Å². The molecule has 0 amide bonds. The molecule has 0 atom stereocenters. The summed E-state index contributed by atoms with van der Waals surface area (Å²) in [6.07, 6.45) is 5.68. The quantitative estimate of drug-likeness (QED) is 0.708. The molecule has 0 radical (unpaired) electrons. The van der Waals surface area contributed by atoms with Crippen LogP contribution in [-0.4, -0.2) is 28.2 Å². The molecule has 0 saturated heterocycles. The van der Waals surface area contributed by atoms with Crippen LogP contribution in [0.1, 0.15) is 49.9 Å². The van der Waals surface area contributed by atoms with Crippen molar-refractivity contribution in [2.24, 2.45) is 0 Å². The highest BCUT2D eigenvalue weighted by molar-refractivity contribution is 5.27. The zero-order valence-corrected chi connectivity index (χ0v) is 14.0. The normalized spacial score (nSPS) is 14.4. The number of hydrogen-bond acceptors (Lipinski definition) is 5. The topological polar surface area (TPSA) is 51.4 Å². The lowest BCUT2D eigenvalue weighted by atomic mass is 10.2. The Kier molecular flexibility index (Phi) is 5.28. The molecule has 1 aromatic carbocycles. The molecule has 1 aromatic heterocycles. The molecule has 1 aliphatic rings. The van der Waals surface area contributed by atoms with Crippen LogP contribution in [0.2, 0.25) is 0 Å². The summed E-state index contributed by atoms with van der Waals surface area (Å²) in [6, 6.07) is 8.90. The molecule has 0 bridgehead atoms. The zero-order valence-electron chi connectivity index (χ0n) is 14.0. The maximum Gasteiger partial charge on any atom is 0.240 e. The van der Waals surface area contributed by atoms with E-state index in [2.05, 4.69) is 34.1 Å². The first kappa shape index (κ1) is 16.0. The first-order chi connectivity index (χ1) is 11.3. The lowest BCUT2D eigenvalue weighted by Gasteiger charge is -2.20. The van der Waals surface area contributed by atoms with Gasteiger partial charge in [0.2, 0.25) is 5.89 Å². The number of unbranched alkanes of at least 4 members (excludes halogenated alkanes) is 1. The van der Waals surface area contributed by atoms with Gasteiger partial charge in [-0.2, -0.15) is 4.98 Å². The average Bonchev–Trinajstić information content (AvgIpc) is 3.34. The van der Waals surface area contributed by atoms with E-state index in [0.717, 1.165) is 49.8 Å². The Labute approximate surface area is 137 Å². The van der Waals surface area contributed by atoms with E-state index in [1.54, 1.807) is 7.11 Å². The highest BCUT2D eigenvalue weighted by Crippen LogP contribution is 2.30. The number of nitrogens with zero attached hydrogens (tertiary/aromatic N) is 3. The molecule has 0 spiro atoms. The third-order valence-electron chi connectivity index (χ3n) is 4.21. The summed E-state index contributed by atoms with van der Waals surface area (Å²) < 4.78 is 10.6. The van der Waals surface area contributed by atoms with E-state index >= 15 is 0 Å². The fourth-order valence-electron chi connectivity index (χ4n) is 2.68. The van der Waals surface area contributed by atoms with Crippen LogP contribution in [0, 0.1) is 0 Å². The van der Waals surface area contributed by atoms with Crippen LogP contribution in [0.25, 0.3) is 0 Å². The molecule has 0 N–H and O–H groups in total. The summed E-state index contributed by atoms with van der Waals surface area (Å²) >= 11 is 0. The number of methoxy groups -OCH3 is 1. The SMILES string of the molecule is CCCCc1noc(CN(Cc2ccc(OC)cc2)C2CC2)n1. The number of aryl methyl sites for hydroxylation is 1. The van der Waals surface area contributed by atoms with Crippen LogP contribution < -0.4 is 4.74 Å². The Balaban J connectivity index is 1.61. The summed E-state index contributed by atoms with van der Waals surface area (Å²) in [4.78, 5) is 6.96. The zero-order chi connectivity index (χ0) is 16.1. The van der Waals surface area contributed by atoms with Crippen molar-refractivity contribution in [2.75, 3.05) is 7.11 Å². The van der Waals surface area contributed by atoms with Crippen molar-refractivity contribution in [3.05, 3.63) is 41.5 Å². The molecule has 5 heteroatoms. The number of rotatable bonds is 9. The minimum atomic E-state index is 0.642. The van der Waals surface area contributed by atoms with Gasteiger partial charge in [0, 0.05) is 19.0 Å². The van der Waals surface area contributed by atoms with Gasteiger partial charge in [-0.3, -0.25) is 4.90 Å². The smallest absolute Gasteiger partial charge is 0.240 e. The number of benzene rings is 1. The first-order valence-electron chi connectivity index (χ1n) is 8.47. The summed E-state index contributed by atoms with van der Waals surface area (Å²) in [7, 11) is 1.69. The fraction of sp³-hybridized carbons (Fsp3) is 0.556. The minimum Gasteiger partial charge on any atom is -0.497 e. The van der Waals surface area contributed by atoms with Crippen molar-refractivity contribution in [1.29, 1.82) is 0 Å². The maximum atomic E-state index is 5.42. The molecule has 1 heterocycles. The predicted molar refractivity (Wildman–Crippen MR) is 88.2 cm³/mol. The van der Waals surface area contributed by atoms with Crippen LogP contribution >= 0.6 is 0 Å². The number of aromatic nitrogens is 2. The molecule has 2 aromatic rings. The van der Waals surface area contributed by atoms with Crippen molar-refractivity contribution in [3.63, 3.8) is 0 Å². The number of hydrogen-bond donors (Lipinski definition) is 0. The van der Waals surface area contributed by atoms with E-state index in [9.17, 15) is 0 Å². The van der Waals surface area contributed by atoms with Crippen LogP contribution in [-0.2, 0) is 19.5 Å². The fourth-order valence-corrected chi connectivity index (χ4v) is 2.68. The molecule has 1 aliphatic carbocycles. The second-order valence-electron chi connectivity index (χ2n) is 6.19. The van der Waals surface area contributed by atoms with Crippen molar-refractivity contribution in [1.82, 2.24) is 15.0 Å². The number of ether oxygens (including phenoxy) is 1. The Morgan fingerprint density at radius 1 is 1.22 bits per heavy atom. The van der Waals surface area contributed by atoms with E-state index in [4.69, 9.17) is 9.26 Å². The van der Waals surface area contributed by atoms with Crippen molar-refractivity contribution < 1.29 is 9.26 Å². The van der Waals surface area contributed by atoms with Crippen molar-refractivity contribution in [2.45, 2.75) is 58.2 Å².